The zero-order valence-corrected chi connectivity index (χ0v) is 15.3. The lowest BCUT2D eigenvalue weighted by Crippen LogP contribution is -2.14. The molecule has 0 radical (unpaired) electrons. The average molecular weight is 352 g/mol. The second-order valence-corrected chi connectivity index (χ2v) is 6.78. The molecule has 0 aliphatic heterocycles. The topological polar surface area (TPSA) is 51.2 Å². The largest absolute Gasteiger partial charge is 0.495 e. The molecule has 0 aliphatic rings. The molecule has 1 amide bonds. The molecule has 5 heteroatoms. The molecule has 3 rings (SSSR count). The molecule has 0 fully saturated rings. The van der Waals surface area contributed by atoms with Crippen LogP contribution in [0.25, 0.3) is 10.9 Å². The minimum absolute atomic E-state index is 0.0844. The van der Waals surface area contributed by atoms with Crippen LogP contribution in [0, 0.1) is 13.8 Å². The number of carbonyl (C=O) groups excluding carboxylic acids is 1. The van der Waals surface area contributed by atoms with E-state index < -0.39 is 0 Å². The van der Waals surface area contributed by atoms with Crippen molar-refractivity contribution < 1.29 is 9.53 Å². The lowest BCUT2D eigenvalue weighted by Gasteiger charge is -2.10. The van der Waals surface area contributed by atoms with Crippen LogP contribution < -0.4 is 10.1 Å². The molecule has 128 valence electrons. The third-order valence-electron chi connectivity index (χ3n) is 3.96. The number of fused-ring (bicyclic) bond motifs is 1. The number of rotatable bonds is 5. The minimum atomic E-state index is -0.0844. The molecule has 4 nitrogen and oxygen atoms in total. The SMILES string of the molecule is COc1ccccc1NC(=O)CSc1cc(C)c2cccc(C)c2n1. The van der Waals surface area contributed by atoms with Crippen LogP contribution in [-0.2, 0) is 4.79 Å². The Kier molecular flexibility index (Phi) is 5.24. The van der Waals surface area contributed by atoms with E-state index >= 15 is 0 Å². The van der Waals surface area contributed by atoms with Crippen LogP contribution in [0.15, 0.2) is 53.6 Å². The molecule has 0 aliphatic carbocycles. The van der Waals surface area contributed by atoms with Crippen LogP contribution in [0.2, 0.25) is 0 Å². The third-order valence-corrected chi connectivity index (χ3v) is 4.87. The fourth-order valence-electron chi connectivity index (χ4n) is 2.68. The second kappa shape index (κ2) is 7.57. The first-order chi connectivity index (χ1) is 12.1. The van der Waals surface area contributed by atoms with Gasteiger partial charge in [0.25, 0.3) is 0 Å². The number of amides is 1. The van der Waals surface area contributed by atoms with Gasteiger partial charge in [0, 0.05) is 5.39 Å². The van der Waals surface area contributed by atoms with Gasteiger partial charge in [-0.15, -0.1) is 0 Å². The maximum Gasteiger partial charge on any atom is 0.234 e. The summed E-state index contributed by atoms with van der Waals surface area (Å²) in [6.45, 7) is 4.13. The molecule has 3 aromatic rings. The molecule has 0 atom stereocenters. The number of ether oxygens (including phenoxy) is 1. The van der Waals surface area contributed by atoms with Crippen LogP contribution >= 0.6 is 11.8 Å². The molecule has 0 bridgehead atoms. The van der Waals surface area contributed by atoms with Gasteiger partial charge >= 0.3 is 0 Å². The lowest BCUT2D eigenvalue weighted by molar-refractivity contribution is -0.113. The highest BCUT2D eigenvalue weighted by atomic mass is 32.2. The number of benzene rings is 2. The minimum Gasteiger partial charge on any atom is -0.495 e. The average Bonchev–Trinajstić information content (AvgIpc) is 2.61. The van der Waals surface area contributed by atoms with Crippen molar-refractivity contribution >= 4 is 34.3 Å². The van der Waals surface area contributed by atoms with Gasteiger partial charge in [-0.25, -0.2) is 4.98 Å². The maximum absolute atomic E-state index is 12.3. The third kappa shape index (κ3) is 3.94. The molecule has 0 unspecified atom stereocenters. The summed E-state index contributed by atoms with van der Waals surface area (Å²) in [4.78, 5) is 17.0. The Labute approximate surface area is 151 Å². The van der Waals surface area contributed by atoms with Crippen molar-refractivity contribution in [3.8, 4) is 5.75 Å². The van der Waals surface area contributed by atoms with Gasteiger partial charge in [-0.3, -0.25) is 4.79 Å². The summed E-state index contributed by atoms with van der Waals surface area (Å²) in [6.07, 6.45) is 0. The van der Waals surface area contributed by atoms with Crippen molar-refractivity contribution in [3.05, 3.63) is 59.7 Å². The van der Waals surface area contributed by atoms with Crippen LogP contribution in [-0.4, -0.2) is 23.8 Å². The molecule has 2 aromatic carbocycles. The number of anilines is 1. The van der Waals surface area contributed by atoms with Crippen LogP contribution in [0.3, 0.4) is 0 Å². The number of thioether (sulfide) groups is 1. The fourth-order valence-corrected chi connectivity index (χ4v) is 3.45. The van der Waals surface area contributed by atoms with Gasteiger partial charge in [-0.1, -0.05) is 42.1 Å². The van der Waals surface area contributed by atoms with Crippen molar-refractivity contribution in [1.82, 2.24) is 4.98 Å². The number of aryl methyl sites for hydroxylation is 2. The number of aromatic nitrogens is 1. The first-order valence-electron chi connectivity index (χ1n) is 8.01. The van der Waals surface area contributed by atoms with Gasteiger partial charge in [0.1, 0.15) is 5.75 Å². The van der Waals surface area contributed by atoms with Crippen molar-refractivity contribution in [1.29, 1.82) is 0 Å². The summed E-state index contributed by atoms with van der Waals surface area (Å²) < 4.78 is 5.25. The molecular formula is C20H20N2O2S. The van der Waals surface area contributed by atoms with E-state index in [1.165, 1.54) is 17.3 Å². The Morgan fingerprint density at radius 1 is 1.12 bits per heavy atom. The Balaban J connectivity index is 1.72. The first kappa shape index (κ1) is 17.3. The van der Waals surface area contributed by atoms with Crippen LogP contribution in [0.4, 0.5) is 5.69 Å². The molecular weight excluding hydrogens is 332 g/mol. The van der Waals surface area contributed by atoms with Crippen LogP contribution in [0.1, 0.15) is 11.1 Å². The highest BCUT2D eigenvalue weighted by Gasteiger charge is 2.10. The van der Waals surface area contributed by atoms with Crippen molar-refractivity contribution in [2.75, 3.05) is 18.2 Å². The van der Waals surface area contributed by atoms with Gasteiger partial charge in [-0.2, -0.15) is 0 Å². The molecule has 1 heterocycles. The fraction of sp³-hybridized carbons (Fsp3) is 0.200. The quantitative estimate of drug-likeness (QED) is 0.682. The van der Waals surface area contributed by atoms with E-state index in [4.69, 9.17) is 9.72 Å². The predicted molar refractivity (Wildman–Crippen MR) is 104 cm³/mol. The number of pyridine rings is 1. The smallest absolute Gasteiger partial charge is 0.234 e. The monoisotopic (exact) mass is 352 g/mol. The van der Waals surface area contributed by atoms with E-state index in [2.05, 4.69) is 31.3 Å². The number of hydrogen-bond acceptors (Lipinski definition) is 4. The summed E-state index contributed by atoms with van der Waals surface area (Å²) in [5, 5.41) is 4.89. The Hall–Kier alpha value is -2.53. The molecule has 25 heavy (non-hydrogen) atoms. The normalized spacial score (nSPS) is 10.7. The van der Waals surface area contributed by atoms with Crippen molar-refractivity contribution in [2.24, 2.45) is 0 Å². The highest BCUT2D eigenvalue weighted by Crippen LogP contribution is 2.27. The molecule has 1 aromatic heterocycles. The number of nitrogens with one attached hydrogen (secondary N) is 1. The van der Waals surface area contributed by atoms with E-state index in [0.29, 0.717) is 17.2 Å². The number of nitrogens with zero attached hydrogens (tertiary/aromatic N) is 1. The van der Waals surface area contributed by atoms with E-state index in [9.17, 15) is 4.79 Å². The van der Waals surface area contributed by atoms with Gasteiger partial charge in [0.05, 0.1) is 29.1 Å². The molecule has 0 saturated carbocycles. The molecule has 1 N–H and O–H groups in total. The Bertz CT molecular complexity index is 925. The van der Waals surface area contributed by atoms with Gasteiger partial charge in [0.15, 0.2) is 0 Å². The second-order valence-electron chi connectivity index (χ2n) is 5.79. The Morgan fingerprint density at radius 3 is 2.72 bits per heavy atom. The van der Waals surface area contributed by atoms with Gasteiger partial charge in [-0.05, 0) is 43.2 Å². The summed E-state index contributed by atoms with van der Waals surface area (Å²) >= 11 is 1.43. The predicted octanol–water partition coefficient (Wildman–Crippen LogP) is 4.59. The number of carbonyl (C=O) groups is 1. The zero-order chi connectivity index (χ0) is 17.8. The summed E-state index contributed by atoms with van der Waals surface area (Å²) in [6, 6.07) is 15.6. The lowest BCUT2D eigenvalue weighted by atomic mass is 10.1. The summed E-state index contributed by atoms with van der Waals surface area (Å²) in [5.41, 5.74) is 3.98. The molecule has 0 saturated heterocycles. The standard InChI is InChI=1S/C20H20N2O2S/c1-13-7-6-8-15-14(2)11-19(22-20(13)15)25-12-18(23)21-16-9-4-5-10-17(16)24-3/h4-11H,12H2,1-3H3,(H,21,23). The maximum atomic E-state index is 12.3. The Morgan fingerprint density at radius 2 is 1.92 bits per heavy atom. The van der Waals surface area contributed by atoms with Gasteiger partial charge in [0.2, 0.25) is 5.91 Å². The molecule has 0 spiro atoms. The van der Waals surface area contributed by atoms with Crippen molar-refractivity contribution in [2.45, 2.75) is 18.9 Å². The first-order valence-corrected chi connectivity index (χ1v) is 8.99. The van der Waals surface area contributed by atoms with E-state index in [0.717, 1.165) is 21.5 Å². The van der Waals surface area contributed by atoms with E-state index in [-0.39, 0.29) is 5.91 Å². The number of para-hydroxylation sites is 3. The van der Waals surface area contributed by atoms with Crippen molar-refractivity contribution in [3.63, 3.8) is 0 Å². The number of hydrogen-bond donors (Lipinski definition) is 1. The zero-order valence-electron chi connectivity index (χ0n) is 14.5. The summed E-state index contributed by atoms with van der Waals surface area (Å²) in [5.74, 6) is 0.858. The highest BCUT2D eigenvalue weighted by molar-refractivity contribution is 7.99. The van der Waals surface area contributed by atoms with E-state index in [1.807, 2.05) is 36.4 Å². The summed E-state index contributed by atoms with van der Waals surface area (Å²) in [7, 11) is 1.59. The number of methoxy groups -OCH3 is 1. The van der Waals surface area contributed by atoms with Gasteiger partial charge < -0.3 is 10.1 Å². The van der Waals surface area contributed by atoms with E-state index in [1.54, 1.807) is 7.11 Å². The van der Waals surface area contributed by atoms with Crippen LogP contribution in [0.5, 0.6) is 5.75 Å².